The summed E-state index contributed by atoms with van der Waals surface area (Å²) in [5, 5.41) is 21.4. The van der Waals surface area contributed by atoms with Crippen LogP contribution in [0, 0.1) is 0 Å². The highest BCUT2D eigenvalue weighted by Gasteiger charge is 2.33. The van der Waals surface area contributed by atoms with Gasteiger partial charge >= 0.3 is 5.97 Å². The molecule has 2 aromatic heterocycles. The lowest BCUT2D eigenvalue weighted by Gasteiger charge is -2.21. The Kier molecular flexibility index (Phi) is 5.84. The van der Waals surface area contributed by atoms with Gasteiger partial charge in [0.1, 0.15) is 12.4 Å². The number of allylic oxidation sites excluding steroid dienone is 2. The van der Waals surface area contributed by atoms with Gasteiger partial charge in [-0.1, -0.05) is 32.9 Å². The lowest BCUT2D eigenvalue weighted by Crippen LogP contribution is -2.32. The largest absolute Gasteiger partial charge is 0.508 e. The Morgan fingerprint density at radius 2 is 2.00 bits per heavy atom. The third-order valence-electron chi connectivity index (χ3n) is 5.77. The number of ether oxygens (including phenoxy) is 1. The average molecular weight is 434 g/mol. The molecule has 32 heavy (non-hydrogen) atoms. The van der Waals surface area contributed by atoms with Crippen LogP contribution in [0.15, 0.2) is 41.2 Å². The molecule has 7 nitrogen and oxygen atoms in total. The van der Waals surface area contributed by atoms with Gasteiger partial charge in [-0.05, 0) is 37.1 Å². The number of carbonyl (C=O) groups is 1. The number of esters is 1. The van der Waals surface area contributed by atoms with Crippen LogP contribution in [0.4, 0.5) is 0 Å². The first-order valence-electron chi connectivity index (χ1n) is 10.9. The first-order chi connectivity index (χ1) is 15.5. The van der Waals surface area contributed by atoms with E-state index in [-0.39, 0.29) is 23.5 Å². The van der Waals surface area contributed by atoms with Crippen molar-refractivity contribution < 1.29 is 19.7 Å². The number of nitrogens with zero attached hydrogens (tertiary/aromatic N) is 2. The molecule has 2 aliphatic heterocycles. The Hall–Kier alpha value is -3.45. The van der Waals surface area contributed by atoms with Crippen molar-refractivity contribution in [1.82, 2.24) is 9.55 Å². The summed E-state index contributed by atoms with van der Waals surface area (Å²) in [5.74, 6) is -0.538. The number of pyridine rings is 2. The summed E-state index contributed by atoms with van der Waals surface area (Å²) in [6.07, 6.45) is 4.11. The quantitative estimate of drug-likeness (QED) is 0.376. The van der Waals surface area contributed by atoms with Crippen molar-refractivity contribution in [2.24, 2.45) is 0 Å². The van der Waals surface area contributed by atoms with Crippen molar-refractivity contribution in [1.29, 1.82) is 0 Å². The highest BCUT2D eigenvalue weighted by atomic mass is 16.5. The van der Waals surface area contributed by atoms with E-state index in [2.05, 4.69) is 6.92 Å². The maximum Gasteiger partial charge on any atom is 0.340 e. The Morgan fingerprint density at radius 1 is 1.22 bits per heavy atom. The molecule has 0 aliphatic carbocycles. The molecule has 0 spiro atoms. The molecule has 1 atom stereocenters. The van der Waals surface area contributed by atoms with E-state index in [1.807, 2.05) is 32.1 Å². The van der Waals surface area contributed by atoms with Crippen LogP contribution in [0.1, 0.15) is 55.5 Å². The van der Waals surface area contributed by atoms with Crippen LogP contribution in [-0.2, 0) is 29.1 Å². The van der Waals surface area contributed by atoms with Crippen LogP contribution in [0.25, 0.3) is 22.3 Å². The average Bonchev–Trinajstić information content (AvgIpc) is 3.16. The van der Waals surface area contributed by atoms with Crippen molar-refractivity contribution in [3.05, 3.63) is 69.0 Å². The third kappa shape index (κ3) is 3.39. The summed E-state index contributed by atoms with van der Waals surface area (Å²) in [6, 6.07) is 7.02. The predicted octanol–water partition coefficient (Wildman–Crippen LogP) is 3.76. The molecule has 0 saturated heterocycles. The molecule has 0 saturated carbocycles. The zero-order valence-electron chi connectivity index (χ0n) is 18.4. The van der Waals surface area contributed by atoms with Crippen molar-refractivity contribution in [3.63, 3.8) is 0 Å². The molecule has 2 N–H and O–H groups in total. The van der Waals surface area contributed by atoms with E-state index in [1.165, 1.54) is 0 Å². The van der Waals surface area contributed by atoms with E-state index in [9.17, 15) is 19.8 Å². The fraction of sp³-hybridized carbons (Fsp3) is 0.320. The van der Waals surface area contributed by atoms with E-state index < -0.39 is 12.1 Å². The standard InChI is InChI=1S/C23H20N2O5.C2H6/c1-2-3-4-5-13-14-8-12-10-25-18(20(12)24-17(14)6-7-19(13)26)9-15-16(22(25)28)11-30-23(29)21(15)27;1-2/h3-4,6-9,21,26-27H,2,5,10-11H2,1H3;1-2H3/b4-3-;. The fourth-order valence-electron chi connectivity index (χ4n) is 4.23. The van der Waals surface area contributed by atoms with Crippen molar-refractivity contribution >= 4 is 16.9 Å². The number of cyclic esters (lactones) is 1. The van der Waals surface area contributed by atoms with Crippen LogP contribution in [0.3, 0.4) is 0 Å². The second kappa shape index (κ2) is 8.59. The smallest absolute Gasteiger partial charge is 0.340 e. The van der Waals surface area contributed by atoms with E-state index in [0.29, 0.717) is 35.4 Å². The van der Waals surface area contributed by atoms with Crippen LogP contribution in [0.5, 0.6) is 5.75 Å². The molecule has 4 heterocycles. The number of hydrogen-bond donors (Lipinski definition) is 2. The highest BCUT2D eigenvalue weighted by Crippen LogP contribution is 2.37. The van der Waals surface area contributed by atoms with Gasteiger partial charge in [0.15, 0.2) is 6.10 Å². The number of fused-ring (bicyclic) bond motifs is 5. The molecule has 0 radical (unpaired) electrons. The molecule has 0 bridgehead atoms. The predicted molar refractivity (Wildman–Crippen MR) is 121 cm³/mol. The van der Waals surface area contributed by atoms with E-state index in [1.54, 1.807) is 22.8 Å². The number of hydrogen-bond acceptors (Lipinski definition) is 6. The Bertz CT molecular complexity index is 1310. The molecule has 166 valence electrons. The number of aromatic nitrogens is 2. The number of aliphatic hydroxyl groups excluding tert-OH is 1. The molecule has 2 aliphatic rings. The summed E-state index contributed by atoms with van der Waals surface area (Å²) in [4.78, 5) is 29.5. The topological polar surface area (TPSA) is 102 Å². The molecule has 7 heteroatoms. The van der Waals surface area contributed by atoms with Crippen molar-refractivity contribution in [2.75, 3.05) is 0 Å². The van der Waals surface area contributed by atoms with Crippen molar-refractivity contribution in [2.45, 2.75) is 52.9 Å². The van der Waals surface area contributed by atoms with Gasteiger partial charge in [-0.15, -0.1) is 0 Å². The van der Waals surface area contributed by atoms with Crippen LogP contribution in [0.2, 0.25) is 0 Å². The summed E-state index contributed by atoms with van der Waals surface area (Å²) < 4.78 is 6.52. The van der Waals surface area contributed by atoms with Gasteiger partial charge in [-0.2, -0.15) is 0 Å². The van der Waals surface area contributed by atoms with Gasteiger partial charge in [0.25, 0.3) is 5.56 Å². The van der Waals surface area contributed by atoms with Gasteiger partial charge in [0.2, 0.25) is 0 Å². The first-order valence-corrected chi connectivity index (χ1v) is 10.9. The van der Waals surface area contributed by atoms with Crippen LogP contribution >= 0.6 is 0 Å². The van der Waals surface area contributed by atoms with E-state index >= 15 is 0 Å². The summed E-state index contributed by atoms with van der Waals surface area (Å²) in [5.41, 5.74) is 3.88. The minimum Gasteiger partial charge on any atom is -0.508 e. The molecule has 0 fully saturated rings. The molecular formula is C25H26N2O5. The molecule has 0 amide bonds. The van der Waals surface area contributed by atoms with Gasteiger partial charge < -0.3 is 19.5 Å². The van der Waals surface area contributed by atoms with Crippen LogP contribution < -0.4 is 5.56 Å². The third-order valence-corrected chi connectivity index (χ3v) is 5.77. The number of benzene rings is 1. The monoisotopic (exact) mass is 434 g/mol. The van der Waals surface area contributed by atoms with Gasteiger partial charge in [0.05, 0.1) is 29.0 Å². The number of aliphatic hydroxyl groups is 1. The SMILES string of the molecule is CC.CC/C=C\Cc1c(O)ccc2nc3c(cc12)Cn1c-3cc2c(c1=O)COC(=O)C2O. The summed E-state index contributed by atoms with van der Waals surface area (Å²) in [6.45, 7) is 6.25. The molecule has 1 aromatic carbocycles. The lowest BCUT2D eigenvalue weighted by molar-refractivity contribution is -0.157. The van der Waals surface area contributed by atoms with E-state index in [0.717, 1.165) is 22.9 Å². The Morgan fingerprint density at radius 3 is 2.75 bits per heavy atom. The van der Waals surface area contributed by atoms with Gasteiger partial charge in [0, 0.05) is 22.1 Å². The molecule has 1 unspecified atom stereocenters. The number of aromatic hydroxyl groups is 1. The Balaban J connectivity index is 0.00000119. The maximum absolute atomic E-state index is 13.0. The zero-order valence-corrected chi connectivity index (χ0v) is 18.4. The zero-order chi connectivity index (χ0) is 23.0. The normalized spacial score (nSPS) is 16.2. The fourth-order valence-corrected chi connectivity index (χ4v) is 4.23. The summed E-state index contributed by atoms with van der Waals surface area (Å²) >= 11 is 0. The minimum atomic E-state index is -1.47. The minimum absolute atomic E-state index is 0.141. The molecule has 5 rings (SSSR count). The second-order valence-electron chi connectivity index (χ2n) is 7.57. The molecule has 3 aromatic rings. The van der Waals surface area contributed by atoms with Gasteiger partial charge in [-0.25, -0.2) is 9.78 Å². The van der Waals surface area contributed by atoms with E-state index in [4.69, 9.17) is 9.72 Å². The number of phenols is 1. The Labute approximate surface area is 185 Å². The van der Waals surface area contributed by atoms with Crippen molar-refractivity contribution in [3.8, 4) is 17.1 Å². The van der Waals surface area contributed by atoms with Gasteiger partial charge in [-0.3, -0.25) is 4.79 Å². The number of rotatable bonds is 3. The lowest BCUT2D eigenvalue weighted by atomic mass is 9.99. The van der Waals surface area contributed by atoms with Crippen LogP contribution in [-0.4, -0.2) is 25.7 Å². The summed E-state index contributed by atoms with van der Waals surface area (Å²) in [7, 11) is 0. The maximum atomic E-state index is 13.0. The highest BCUT2D eigenvalue weighted by molar-refractivity contribution is 5.89. The first kappa shape index (κ1) is 21.8. The number of phenolic OH excluding ortho intramolecular Hbond substituents is 1. The molecular weight excluding hydrogens is 408 g/mol. The second-order valence-corrected chi connectivity index (χ2v) is 7.57. The number of carbonyl (C=O) groups excluding carboxylic acids is 1.